The van der Waals surface area contributed by atoms with E-state index in [0.717, 1.165) is 6.42 Å². The lowest BCUT2D eigenvalue weighted by molar-refractivity contribution is 0.163. The van der Waals surface area contributed by atoms with Gasteiger partial charge in [0.25, 0.3) is 0 Å². The van der Waals surface area contributed by atoms with Crippen LogP contribution in [0.25, 0.3) is 0 Å². The normalized spacial score (nSPS) is 26.4. The summed E-state index contributed by atoms with van der Waals surface area (Å²) in [5.41, 5.74) is 12.2. The fourth-order valence-electron chi connectivity index (χ4n) is 1.36. The summed E-state index contributed by atoms with van der Waals surface area (Å²) in [6.07, 6.45) is 4.37. The highest BCUT2D eigenvalue weighted by Gasteiger charge is 2.27. The highest BCUT2D eigenvalue weighted by Crippen LogP contribution is 2.16. The summed E-state index contributed by atoms with van der Waals surface area (Å²) in [6, 6.07) is 0. The first-order chi connectivity index (χ1) is 6.63. The number of rotatable bonds is 4. The van der Waals surface area contributed by atoms with Gasteiger partial charge in [-0.2, -0.15) is 0 Å². The molecule has 0 fully saturated rings. The van der Waals surface area contributed by atoms with Crippen LogP contribution in [0.2, 0.25) is 0 Å². The van der Waals surface area contributed by atoms with E-state index in [1.807, 2.05) is 13.1 Å². The minimum atomic E-state index is -0.344. The molecule has 0 aromatic rings. The molecular formula is C9H18N4O. The second kappa shape index (κ2) is 4.34. The number of ether oxygens (including phenoxy) is 1. The van der Waals surface area contributed by atoms with Gasteiger partial charge in [-0.3, -0.25) is 5.32 Å². The third-order valence-electron chi connectivity index (χ3n) is 2.37. The lowest BCUT2D eigenvalue weighted by atomic mass is 10.0. The van der Waals surface area contributed by atoms with Crippen LogP contribution in [-0.4, -0.2) is 26.4 Å². The summed E-state index contributed by atoms with van der Waals surface area (Å²) < 4.78 is 5.03. The average Bonchev–Trinajstić information content (AvgIpc) is 2.20. The number of methoxy groups -OCH3 is 1. The maximum atomic E-state index is 5.75. The molecule has 0 amide bonds. The van der Waals surface area contributed by atoms with Gasteiger partial charge >= 0.3 is 0 Å². The highest BCUT2D eigenvalue weighted by molar-refractivity contribution is 5.32. The van der Waals surface area contributed by atoms with E-state index in [4.69, 9.17) is 16.2 Å². The molecule has 1 rings (SSSR count). The molecular weight excluding hydrogens is 180 g/mol. The van der Waals surface area contributed by atoms with Gasteiger partial charge in [-0.25, -0.2) is 0 Å². The van der Waals surface area contributed by atoms with Gasteiger partial charge in [-0.1, -0.05) is 0 Å². The van der Waals surface area contributed by atoms with Gasteiger partial charge in [-0.15, -0.1) is 0 Å². The van der Waals surface area contributed by atoms with Crippen LogP contribution in [0.15, 0.2) is 23.7 Å². The van der Waals surface area contributed by atoms with Gasteiger partial charge in [0.15, 0.2) is 0 Å². The minimum absolute atomic E-state index is 0.344. The molecule has 0 aromatic heterocycles. The molecule has 1 unspecified atom stereocenters. The zero-order valence-corrected chi connectivity index (χ0v) is 8.63. The standard InChI is InChI=1S/C9H18N4O/c1-12-9(3-4-14-2)5-7(10)8(11)6-13-9/h5-6,12-13H,3-4,10-11H2,1-2H3. The Morgan fingerprint density at radius 3 is 2.71 bits per heavy atom. The van der Waals surface area contributed by atoms with Gasteiger partial charge in [0, 0.05) is 19.7 Å². The van der Waals surface area contributed by atoms with Crippen LogP contribution in [0.5, 0.6) is 0 Å². The van der Waals surface area contributed by atoms with Gasteiger partial charge in [0.2, 0.25) is 0 Å². The molecule has 0 saturated carbocycles. The molecule has 0 aromatic carbocycles. The number of likely N-dealkylation sites (N-methyl/N-ethyl adjacent to an activating group) is 1. The van der Waals surface area contributed by atoms with Crippen molar-refractivity contribution in [2.24, 2.45) is 11.5 Å². The second-order valence-electron chi connectivity index (χ2n) is 3.31. The first kappa shape index (κ1) is 10.9. The zero-order valence-electron chi connectivity index (χ0n) is 8.63. The van der Waals surface area contributed by atoms with Crippen molar-refractivity contribution in [3.63, 3.8) is 0 Å². The molecule has 1 atom stereocenters. The largest absolute Gasteiger partial charge is 0.397 e. The van der Waals surface area contributed by atoms with Gasteiger partial charge in [0.05, 0.1) is 18.0 Å². The minimum Gasteiger partial charge on any atom is -0.397 e. The van der Waals surface area contributed by atoms with E-state index in [9.17, 15) is 0 Å². The molecule has 0 saturated heterocycles. The summed E-state index contributed by atoms with van der Waals surface area (Å²) in [5, 5.41) is 6.32. The zero-order chi connectivity index (χ0) is 10.6. The van der Waals surface area contributed by atoms with E-state index in [1.54, 1.807) is 13.3 Å². The van der Waals surface area contributed by atoms with Crippen LogP contribution in [0, 0.1) is 0 Å². The summed E-state index contributed by atoms with van der Waals surface area (Å²) in [4.78, 5) is 0. The maximum absolute atomic E-state index is 5.75. The Kier molecular flexibility index (Phi) is 3.38. The van der Waals surface area contributed by atoms with Crippen LogP contribution in [0.4, 0.5) is 0 Å². The Morgan fingerprint density at radius 2 is 2.21 bits per heavy atom. The first-order valence-electron chi connectivity index (χ1n) is 4.53. The fourth-order valence-corrected chi connectivity index (χ4v) is 1.36. The molecule has 80 valence electrons. The van der Waals surface area contributed by atoms with E-state index in [2.05, 4.69) is 10.6 Å². The molecule has 5 nitrogen and oxygen atoms in total. The molecule has 0 bridgehead atoms. The fraction of sp³-hybridized carbons (Fsp3) is 0.556. The monoisotopic (exact) mass is 198 g/mol. The van der Waals surface area contributed by atoms with Crippen LogP contribution < -0.4 is 22.1 Å². The first-order valence-corrected chi connectivity index (χ1v) is 4.53. The van der Waals surface area contributed by atoms with E-state index < -0.39 is 0 Å². The van der Waals surface area contributed by atoms with Crippen molar-refractivity contribution in [3.8, 4) is 0 Å². The van der Waals surface area contributed by atoms with Crippen molar-refractivity contribution >= 4 is 0 Å². The SMILES string of the molecule is CNC1(CCOC)C=C(N)C(N)=CN1. The third kappa shape index (κ3) is 2.18. The Morgan fingerprint density at radius 1 is 1.50 bits per heavy atom. The van der Waals surface area contributed by atoms with E-state index in [0.29, 0.717) is 18.0 Å². The number of hydrogen-bond donors (Lipinski definition) is 4. The van der Waals surface area contributed by atoms with E-state index in [1.165, 1.54) is 0 Å². The number of hydrogen-bond acceptors (Lipinski definition) is 5. The molecule has 1 aliphatic heterocycles. The maximum Gasteiger partial charge on any atom is 0.111 e. The quantitative estimate of drug-likeness (QED) is 0.474. The van der Waals surface area contributed by atoms with Gasteiger partial charge in [-0.05, 0) is 13.1 Å². The second-order valence-corrected chi connectivity index (χ2v) is 3.31. The van der Waals surface area contributed by atoms with Crippen LogP contribution in [-0.2, 0) is 4.74 Å². The predicted molar refractivity (Wildman–Crippen MR) is 56.0 cm³/mol. The van der Waals surface area contributed by atoms with Crippen molar-refractivity contribution in [1.82, 2.24) is 10.6 Å². The Bertz CT molecular complexity index is 262. The van der Waals surface area contributed by atoms with Crippen molar-refractivity contribution in [3.05, 3.63) is 23.7 Å². The summed E-state index contributed by atoms with van der Waals surface area (Å²) in [6.45, 7) is 0.644. The van der Waals surface area contributed by atoms with Gasteiger partial charge in [0.1, 0.15) is 5.66 Å². The number of dihydropyridines is 1. The third-order valence-corrected chi connectivity index (χ3v) is 2.37. The Hall–Kier alpha value is -1.20. The predicted octanol–water partition coefficient (Wildman–Crippen LogP) is -0.815. The van der Waals surface area contributed by atoms with Crippen LogP contribution >= 0.6 is 0 Å². The van der Waals surface area contributed by atoms with Crippen molar-refractivity contribution in [1.29, 1.82) is 0 Å². The highest BCUT2D eigenvalue weighted by atomic mass is 16.5. The smallest absolute Gasteiger partial charge is 0.111 e. The molecule has 0 spiro atoms. The molecule has 6 N–H and O–H groups in total. The molecule has 14 heavy (non-hydrogen) atoms. The summed E-state index contributed by atoms with van der Waals surface area (Å²) in [7, 11) is 3.53. The Labute approximate surface area is 84.2 Å². The number of nitrogens with two attached hydrogens (primary N) is 2. The van der Waals surface area contributed by atoms with Crippen molar-refractivity contribution < 1.29 is 4.74 Å². The van der Waals surface area contributed by atoms with Crippen molar-refractivity contribution in [2.45, 2.75) is 12.1 Å². The average molecular weight is 198 g/mol. The lowest BCUT2D eigenvalue weighted by Crippen LogP contribution is -2.55. The Balaban J connectivity index is 2.73. The van der Waals surface area contributed by atoms with Crippen LogP contribution in [0.1, 0.15) is 6.42 Å². The van der Waals surface area contributed by atoms with Crippen LogP contribution in [0.3, 0.4) is 0 Å². The molecule has 1 heterocycles. The molecule has 1 aliphatic rings. The van der Waals surface area contributed by atoms with Crippen molar-refractivity contribution in [2.75, 3.05) is 20.8 Å². The number of nitrogens with one attached hydrogen (secondary N) is 2. The lowest BCUT2D eigenvalue weighted by Gasteiger charge is -2.34. The molecule has 5 heteroatoms. The van der Waals surface area contributed by atoms with Gasteiger partial charge < -0.3 is 21.5 Å². The molecule has 0 radical (unpaired) electrons. The summed E-state index contributed by atoms with van der Waals surface area (Å²) >= 11 is 0. The van der Waals surface area contributed by atoms with E-state index >= 15 is 0 Å². The topological polar surface area (TPSA) is 85.3 Å². The molecule has 0 aliphatic carbocycles. The van der Waals surface area contributed by atoms with E-state index in [-0.39, 0.29) is 5.66 Å². The summed E-state index contributed by atoms with van der Waals surface area (Å²) in [5.74, 6) is 0.